The summed E-state index contributed by atoms with van der Waals surface area (Å²) < 4.78 is 0. The van der Waals surface area contributed by atoms with E-state index in [4.69, 9.17) is 0 Å². The molecule has 76 valence electrons. The van der Waals surface area contributed by atoms with Gasteiger partial charge in [-0.2, -0.15) is 0 Å². The number of likely N-dealkylation sites (N-methyl/N-ethyl adjacent to an activating group) is 1. The molecule has 1 unspecified atom stereocenters. The predicted octanol–water partition coefficient (Wildman–Crippen LogP) is 1.33. The molecule has 0 rings (SSSR count). The maximum absolute atomic E-state index is 3.28. The summed E-state index contributed by atoms with van der Waals surface area (Å²) in [4.78, 5) is 2.37. The molecule has 0 aliphatic heterocycles. The Hall–Kier alpha value is -0.520. The highest BCUT2D eigenvalue weighted by molar-refractivity contribution is 4.96. The number of hydrogen-bond acceptors (Lipinski definition) is 2. The van der Waals surface area contributed by atoms with Gasteiger partial charge in [-0.25, -0.2) is 0 Å². The average Bonchev–Trinajstić information content (AvgIpc) is 2.16. The van der Waals surface area contributed by atoms with Crippen LogP contribution < -0.4 is 5.32 Å². The highest BCUT2D eigenvalue weighted by atomic mass is 15.1. The molecule has 0 aliphatic carbocycles. The van der Waals surface area contributed by atoms with Crippen molar-refractivity contribution in [3.05, 3.63) is 0 Å². The SMILES string of the molecule is CC#CCNCCN(C)C(C)CC. The van der Waals surface area contributed by atoms with Crippen molar-refractivity contribution in [1.29, 1.82) is 0 Å². The molecule has 13 heavy (non-hydrogen) atoms. The highest BCUT2D eigenvalue weighted by Gasteiger charge is 2.04. The Bertz CT molecular complexity index is 167. The molecule has 0 saturated heterocycles. The standard InChI is InChI=1S/C11H22N2/c1-5-7-8-12-9-10-13(4)11(3)6-2/h11-12H,6,8-10H2,1-4H3. The second-order valence-corrected chi connectivity index (χ2v) is 3.34. The molecule has 0 aliphatic rings. The monoisotopic (exact) mass is 182 g/mol. The van der Waals surface area contributed by atoms with Crippen LogP contribution in [0.4, 0.5) is 0 Å². The van der Waals surface area contributed by atoms with Gasteiger partial charge in [0.25, 0.3) is 0 Å². The zero-order valence-corrected chi connectivity index (χ0v) is 9.35. The zero-order valence-electron chi connectivity index (χ0n) is 9.35. The molecule has 0 aromatic rings. The van der Waals surface area contributed by atoms with Crippen molar-refractivity contribution in [2.24, 2.45) is 0 Å². The van der Waals surface area contributed by atoms with Gasteiger partial charge in [0.05, 0.1) is 6.54 Å². The number of nitrogens with one attached hydrogen (secondary N) is 1. The van der Waals surface area contributed by atoms with Crippen molar-refractivity contribution in [2.45, 2.75) is 33.2 Å². The molecule has 0 saturated carbocycles. The summed E-state index contributed by atoms with van der Waals surface area (Å²) in [5.74, 6) is 5.85. The van der Waals surface area contributed by atoms with Crippen LogP contribution in [-0.4, -0.2) is 37.6 Å². The van der Waals surface area contributed by atoms with Crippen LogP contribution in [0.3, 0.4) is 0 Å². The molecule has 1 atom stereocenters. The first-order chi connectivity index (χ1) is 6.22. The molecule has 0 radical (unpaired) electrons. The van der Waals surface area contributed by atoms with Gasteiger partial charge in [0, 0.05) is 19.1 Å². The second kappa shape index (κ2) is 8.10. The van der Waals surface area contributed by atoms with Crippen molar-refractivity contribution in [3.63, 3.8) is 0 Å². The molecule has 1 N–H and O–H groups in total. The highest BCUT2D eigenvalue weighted by Crippen LogP contribution is 1.97. The molecular formula is C11H22N2. The van der Waals surface area contributed by atoms with E-state index < -0.39 is 0 Å². The van der Waals surface area contributed by atoms with Gasteiger partial charge in [-0.3, -0.25) is 0 Å². The van der Waals surface area contributed by atoms with Crippen LogP contribution in [0.1, 0.15) is 27.2 Å². The van der Waals surface area contributed by atoms with Crippen molar-refractivity contribution in [2.75, 3.05) is 26.7 Å². The van der Waals surface area contributed by atoms with Gasteiger partial charge in [-0.05, 0) is 27.3 Å². The van der Waals surface area contributed by atoms with Gasteiger partial charge >= 0.3 is 0 Å². The van der Waals surface area contributed by atoms with Gasteiger partial charge in [-0.1, -0.05) is 12.8 Å². The van der Waals surface area contributed by atoms with Crippen LogP contribution in [0.2, 0.25) is 0 Å². The Labute approximate surface area is 82.7 Å². The van der Waals surface area contributed by atoms with E-state index in [1.807, 2.05) is 6.92 Å². The Balaban J connectivity index is 3.34. The summed E-state index contributed by atoms with van der Waals surface area (Å²) in [5.41, 5.74) is 0. The molecule has 0 bridgehead atoms. The lowest BCUT2D eigenvalue weighted by Crippen LogP contribution is -2.35. The summed E-state index contributed by atoms with van der Waals surface area (Å²) >= 11 is 0. The van der Waals surface area contributed by atoms with Crippen LogP contribution in [0.25, 0.3) is 0 Å². The number of rotatable bonds is 6. The molecule has 0 aromatic heterocycles. The van der Waals surface area contributed by atoms with E-state index in [9.17, 15) is 0 Å². The van der Waals surface area contributed by atoms with E-state index in [1.165, 1.54) is 6.42 Å². The number of hydrogen-bond donors (Lipinski definition) is 1. The molecule has 0 heterocycles. The minimum absolute atomic E-state index is 0.680. The van der Waals surface area contributed by atoms with Crippen LogP contribution >= 0.6 is 0 Å². The summed E-state index contributed by atoms with van der Waals surface area (Å²) in [6, 6.07) is 0.680. The Morgan fingerprint density at radius 3 is 2.69 bits per heavy atom. The molecular weight excluding hydrogens is 160 g/mol. The second-order valence-electron chi connectivity index (χ2n) is 3.34. The average molecular weight is 182 g/mol. The molecule has 0 aromatic carbocycles. The fourth-order valence-electron chi connectivity index (χ4n) is 1.03. The lowest BCUT2D eigenvalue weighted by Gasteiger charge is -2.23. The fourth-order valence-corrected chi connectivity index (χ4v) is 1.03. The van der Waals surface area contributed by atoms with Gasteiger partial charge < -0.3 is 10.2 Å². The van der Waals surface area contributed by atoms with E-state index in [-0.39, 0.29) is 0 Å². The van der Waals surface area contributed by atoms with Crippen LogP contribution in [0, 0.1) is 11.8 Å². The lowest BCUT2D eigenvalue weighted by atomic mass is 10.2. The summed E-state index contributed by atoms with van der Waals surface area (Å²) in [6.07, 6.45) is 1.21. The van der Waals surface area contributed by atoms with Gasteiger partial charge in [0.1, 0.15) is 0 Å². The lowest BCUT2D eigenvalue weighted by molar-refractivity contribution is 0.253. The van der Waals surface area contributed by atoms with Crippen LogP contribution in [-0.2, 0) is 0 Å². The predicted molar refractivity (Wildman–Crippen MR) is 58.7 cm³/mol. The molecule has 2 nitrogen and oxygen atoms in total. The Morgan fingerprint density at radius 2 is 2.15 bits per heavy atom. The van der Waals surface area contributed by atoms with Crippen molar-refractivity contribution in [1.82, 2.24) is 10.2 Å². The first kappa shape index (κ1) is 12.5. The first-order valence-electron chi connectivity index (χ1n) is 5.03. The van der Waals surface area contributed by atoms with Gasteiger partial charge in [0.2, 0.25) is 0 Å². The van der Waals surface area contributed by atoms with E-state index >= 15 is 0 Å². The topological polar surface area (TPSA) is 15.3 Å². The van der Waals surface area contributed by atoms with E-state index in [0.717, 1.165) is 19.6 Å². The third kappa shape index (κ3) is 6.62. The number of nitrogens with zero attached hydrogens (tertiary/aromatic N) is 1. The van der Waals surface area contributed by atoms with E-state index in [1.54, 1.807) is 0 Å². The van der Waals surface area contributed by atoms with Crippen molar-refractivity contribution >= 4 is 0 Å². The maximum atomic E-state index is 3.28. The normalized spacial score (nSPS) is 12.4. The van der Waals surface area contributed by atoms with Gasteiger partial charge in [-0.15, -0.1) is 5.92 Å². The summed E-state index contributed by atoms with van der Waals surface area (Å²) in [7, 11) is 2.17. The van der Waals surface area contributed by atoms with Crippen LogP contribution in [0.15, 0.2) is 0 Å². The summed E-state index contributed by atoms with van der Waals surface area (Å²) in [6.45, 7) is 9.27. The quantitative estimate of drug-likeness (QED) is 0.492. The van der Waals surface area contributed by atoms with Crippen molar-refractivity contribution in [3.8, 4) is 11.8 Å². The minimum Gasteiger partial charge on any atom is -0.305 e. The maximum Gasteiger partial charge on any atom is 0.0576 e. The molecule has 0 spiro atoms. The van der Waals surface area contributed by atoms with E-state index in [0.29, 0.717) is 6.04 Å². The smallest absolute Gasteiger partial charge is 0.0576 e. The Morgan fingerprint density at radius 1 is 1.46 bits per heavy atom. The van der Waals surface area contributed by atoms with Gasteiger partial charge in [0.15, 0.2) is 0 Å². The van der Waals surface area contributed by atoms with Crippen molar-refractivity contribution < 1.29 is 0 Å². The molecule has 2 heteroatoms. The Kier molecular flexibility index (Phi) is 7.77. The zero-order chi connectivity index (χ0) is 10.1. The van der Waals surface area contributed by atoms with E-state index in [2.05, 4.69) is 43.0 Å². The first-order valence-corrected chi connectivity index (χ1v) is 5.03. The molecule has 0 fully saturated rings. The summed E-state index contributed by atoms with van der Waals surface area (Å²) in [5, 5.41) is 3.28. The largest absolute Gasteiger partial charge is 0.305 e. The fraction of sp³-hybridized carbons (Fsp3) is 0.818. The van der Waals surface area contributed by atoms with Crippen LogP contribution in [0.5, 0.6) is 0 Å². The molecule has 0 amide bonds. The minimum atomic E-state index is 0.680. The third-order valence-corrected chi connectivity index (χ3v) is 2.37. The third-order valence-electron chi connectivity index (χ3n) is 2.37.